The van der Waals surface area contributed by atoms with Crippen LogP contribution in [0.1, 0.15) is 31.7 Å². The minimum atomic E-state index is -0.0731. The molecule has 0 spiro atoms. The van der Waals surface area contributed by atoms with Gasteiger partial charge in [0.25, 0.3) is 5.01 Å². The van der Waals surface area contributed by atoms with Gasteiger partial charge in [0, 0.05) is 60.8 Å². The zero-order valence-corrected chi connectivity index (χ0v) is 30.2. The number of aryl methyl sites for hydroxylation is 1. The molecule has 0 saturated carbocycles. The van der Waals surface area contributed by atoms with Gasteiger partial charge in [0.15, 0.2) is 6.54 Å². The second kappa shape index (κ2) is 15.9. The second-order valence-electron chi connectivity index (χ2n) is 11.9. The summed E-state index contributed by atoms with van der Waals surface area (Å²) in [6.45, 7) is 6.43. The fourth-order valence-corrected chi connectivity index (χ4v) is 8.14. The van der Waals surface area contributed by atoms with Crippen LogP contribution >= 0.6 is 35.1 Å². The highest BCUT2D eigenvalue weighted by Crippen LogP contribution is 2.47. The number of thioether (sulfide) groups is 1. The molecule has 0 saturated heterocycles. The number of carbonyl (C=O) groups excluding carboxylic acids is 1. The first-order chi connectivity index (χ1) is 21.1. The Morgan fingerprint density at radius 3 is 2.67 bits per heavy atom. The Balaban J connectivity index is 0.00000461. The topological polar surface area (TPSA) is 77.7 Å². The van der Waals surface area contributed by atoms with Gasteiger partial charge in [0.05, 0.1) is 43.8 Å². The average Bonchev–Trinajstić information content (AvgIpc) is 3.49. The summed E-state index contributed by atoms with van der Waals surface area (Å²) in [6, 6.07) is 19.0. The van der Waals surface area contributed by atoms with Crippen molar-refractivity contribution in [3.8, 4) is 0 Å². The van der Waals surface area contributed by atoms with Crippen LogP contribution in [0.2, 0.25) is 0 Å². The monoisotopic (exact) mass is 730 g/mol. The average molecular weight is 732 g/mol. The number of halogens is 1. The van der Waals surface area contributed by atoms with Gasteiger partial charge in [0.2, 0.25) is 11.4 Å². The van der Waals surface area contributed by atoms with E-state index >= 15 is 0 Å². The maximum Gasteiger partial charge on any atom is 0.263 e. The fraction of sp³-hybridized carbons (Fsp3) is 0.333. The van der Waals surface area contributed by atoms with Crippen molar-refractivity contribution in [2.45, 2.75) is 38.1 Å². The van der Waals surface area contributed by atoms with E-state index in [1.165, 1.54) is 42.8 Å². The Morgan fingerprint density at radius 1 is 1.11 bits per heavy atom. The van der Waals surface area contributed by atoms with E-state index in [0.29, 0.717) is 5.75 Å². The number of carbonyl (C=O) groups is 1. The minimum absolute atomic E-state index is 0. The number of benzene rings is 3. The summed E-state index contributed by atoms with van der Waals surface area (Å²) in [6.07, 6.45) is 6.40. The first kappa shape index (κ1) is 35.4. The zero-order valence-electron chi connectivity index (χ0n) is 26.2. The molecule has 1 aliphatic heterocycles. The summed E-state index contributed by atoms with van der Waals surface area (Å²) in [7, 11) is 6.66. The van der Waals surface area contributed by atoms with Crippen LogP contribution in [0.5, 0.6) is 0 Å². The molecule has 45 heavy (non-hydrogen) atoms. The molecule has 1 aromatic heterocycles. The van der Waals surface area contributed by atoms with Crippen molar-refractivity contribution in [1.29, 1.82) is 0 Å². The van der Waals surface area contributed by atoms with E-state index in [4.69, 9.17) is 0 Å². The van der Waals surface area contributed by atoms with E-state index in [-0.39, 0.29) is 22.9 Å². The number of rotatable bonds is 13. The van der Waals surface area contributed by atoms with Gasteiger partial charge >= 0.3 is 0 Å². The Bertz CT molecular complexity index is 1720. The molecule has 5 rings (SSSR count). The van der Waals surface area contributed by atoms with Gasteiger partial charge in [-0.05, 0) is 54.3 Å². The lowest BCUT2D eigenvalue weighted by Gasteiger charge is -2.26. The summed E-state index contributed by atoms with van der Waals surface area (Å²) in [4.78, 5) is 15.3. The molecule has 0 atom stereocenters. The van der Waals surface area contributed by atoms with E-state index in [9.17, 15) is 10.1 Å². The van der Waals surface area contributed by atoms with E-state index in [1.54, 1.807) is 23.1 Å². The van der Waals surface area contributed by atoms with Crippen LogP contribution in [0, 0.1) is 0 Å². The summed E-state index contributed by atoms with van der Waals surface area (Å²) in [5.74, 6) is 0.567. The number of aromatic nitrogens is 1. The van der Waals surface area contributed by atoms with E-state index in [1.807, 2.05) is 6.07 Å². The molecule has 12 heteroatoms. The number of hydrogen-bond donors (Lipinski definition) is 1. The number of nitrogens with one attached hydrogen (secondary N) is 1. The van der Waals surface area contributed by atoms with Crippen LogP contribution in [-0.2, 0) is 20.7 Å². The van der Waals surface area contributed by atoms with Crippen molar-refractivity contribution in [2.75, 3.05) is 50.2 Å². The predicted molar refractivity (Wildman–Crippen MR) is 182 cm³/mol. The van der Waals surface area contributed by atoms with Crippen LogP contribution < -0.4 is 37.0 Å². The second-order valence-corrected chi connectivity index (χ2v) is 14.8. The lowest BCUT2D eigenvalue weighted by molar-refractivity contribution is -0.870. The third kappa shape index (κ3) is 9.11. The molecular formula is C33H39BrN4O4S3. The first-order valence-corrected chi connectivity index (χ1v) is 17.2. The Labute approximate surface area is 288 Å². The summed E-state index contributed by atoms with van der Waals surface area (Å²) >= 11 is 4.59. The highest BCUT2D eigenvalue weighted by molar-refractivity contribution is 8.03. The highest BCUT2D eigenvalue weighted by Gasteiger charge is 2.27. The summed E-state index contributed by atoms with van der Waals surface area (Å²) in [5.41, 5.74) is 4.32. The van der Waals surface area contributed by atoms with Crippen LogP contribution in [0.4, 0.5) is 11.4 Å². The number of quaternary nitrogens is 1. The molecule has 0 aliphatic carbocycles. The van der Waals surface area contributed by atoms with Crippen LogP contribution in [0.15, 0.2) is 76.2 Å². The molecule has 0 unspecified atom stereocenters. The highest BCUT2D eigenvalue weighted by atomic mass is 79.9. The number of hydrogen-bond acceptors (Lipinski definition) is 8. The molecule has 0 fully saturated rings. The Hall–Kier alpha value is -2.42. The smallest absolute Gasteiger partial charge is 0.263 e. The van der Waals surface area contributed by atoms with E-state index in [2.05, 4.69) is 113 Å². The van der Waals surface area contributed by atoms with Gasteiger partial charge in [-0.3, -0.25) is 9.83 Å². The molecule has 4 aromatic rings. The van der Waals surface area contributed by atoms with E-state index < -0.39 is 0 Å². The molecule has 3 aromatic carbocycles. The lowest BCUT2D eigenvalue weighted by Crippen LogP contribution is -3.00. The first-order valence-electron chi connectivity index (χ1n) is 14.6. The van der Waals surface area contributed by atoms with Gasteiger partial charge in [-0.1, -0.05) is 47.4 Å². The number of thiazole rings is 1. The van der Waals surface area contributed by atoms with Crippen molar-refractivity contribution in [2.24, 2.45) is 0 Å². The van der Waals surface area contributed by atoms with Crippen molar-refractivity contribution < 1.29 is 45.5 Å². The third-order valence-electron chi connectivity index (χ3n) is 7.26. The molecule has 2 heterocycles. The largest absolute Gasteiger partial charge is 1.00 e. The van der Waals surface area contributed by atoms with Crippen LogP contribution in [0.25, 0.3) is 27.1 Å². The SMILES string of the molecule is CC(=O)Nc1ccc2c(c1)N(CCC[N+](C)(C)C)C(=CC(C)=Cc1sc3ccc4ccccc4c3[n+]1CCCSOO[O-])S2.[Br-]. The van der Waals surface area contributed by atoms with Crippen LogP contribution in [-0.4, -0.2) is 50.4 Å². The maximum absolute atomic E-state index is 11.8. The van der Waals surface area contributed by atoms with Crippen LogP contribution in [0.3, 0.4) is 0 Å². The molecule has 8 nitrogen and oxygen atoms in total. The fourth-order valence-electron chi connectivity index (χ4n) is 5.39. The summed E-state index contributed by atoms with van der Waals surface area (Å²) in [5, 5.41) is 21.5. The van der Waals surface area contributed by atoms with Crippen molar-refractivity contribution >= 4 is 79.5 Å². The quantitative estimate of drug-likeness (QED) is 0.0564. The standard InChI is InChI=1S/C33H38N4O4S3.BrH/c1-23(20-31-35(16-8-18-37(3,4)5)28-22-26(34-24(2)38)13-15-29(28)43-31)21-32-36(17-9-19-42-41-40-39)33-27-11-7-6-10-25(27)12-14-30(33)44-32;/h6-7,10-15,20-22H,8-9,16-19H2,1-5H3;1H. The number of amides is 1. The third-order valence-corrected chi connectivity index (χ3v) is 10.1. The molecular weight excluding hydrogens is 692 g/mol. The predicted octanol–water partition coefficient (Wildman–Crippen LogP) is 3.52. The maximum atomic E-state index is 11.8. The zero-order chi connectivity index (χ0) is 31.3. The molecule has 1 aliphatic rings. The number of nitrogens with zero attached hydrogens (tertiary/aromatic N) is 3. The Kier molecular flexibility index (Phi) is 12.5. The molecule has 1 N–H and O–H groups in total. The van der Waals surface area contributed by atoms with Gasteiger partial charge in [0.1, 0.15) is 4.70 Å². The lowest BCUT2D eigenvalue weighted by atomic mass is 10.1. The van der Waals surface area contributed by atoms with Gasteiger partial charge in [-0.2, -0.15) is 8.90 Å². The molecule has 0 bridgehead atoms. The van der Waals surface area contributed by atoms with Gasteiger partial charge < -0.3 is 36.9 Å². The number of allylic oxidation sites excluding steroid dienone is 2. The van der Waals surface area contributed by atoms with Crippen molar-refractivity contribution in [3.63, 3.8) is 0 Å². The van der Waals surface area contributed by atoms with Crippen molar-refractivity contribution in [3.05, 3.63) is 76.3 Å². The Morgan fingerprint density at radius 2 is 1.91 bits per heavy atom. The number of fused-ring (bicyclic) bond motifs is 4. The minimum Gasteiger partial charge on any atom is -1.00 e. The van der Waals surface area contributed by atoms with Gasteiger partial charge in [-0.15, -0.1) is 0 Å². The molecule has 1 amide bonds. The van der Waals surface area contributed by atoms with Gasteiger partial charge in [-0.25, -0.2) is 0 Å². The number of anilines is 2. The summed E-state index contributed by atoms with van der Waals surface area (Å²) < 4.78 is 9.03. The van der Waals surface area contributed by atoms with Crippen molar-refractivity contribution in [1.82, 2.24) is 0 Å². The molecule has 240 valence electrons. The van der Waals surface area contributed by atoms with E-state index in [0.717, 1.165) is 65.9 Å². The normalized spacial score (nSPS) is 14.3. The molecule has 0 radical (unpaired) electrons.